The second-order valence-electron chi connectivity index (χ2n) is 6.51. The summed E-state index contributed by atoms with van der Waals surface area (Å²) < 4.78 is 25.0. The predicted octanol–water partition coefficient (Wildman–Crippen LogP) is 3.09. The minimum absolute atomic E-state index is 0.0472. The van der Waals surface area contributed by atoms with Crippen LogP contribution in [0.15, 0.2) is 30.7 Å². The Morgan fingerprint density at radius 2 is 2.08 bits per heavy atom. The molecular weight excluding hydrogens is 323 g/mol. The molecule has 0 aromatic carbocycles. The van der Waals surface area contributed by atoms with Gasteiger partial charge in [-0.25, -0.2) is 9.37 Å². The third kappa shape index (κ3) is 4.78. The summed E-state index contributed by atoms with van der Waals surface area (Å²) in [5, 5.41) is 0. The standard InChI is InChI=1S/C18H23FN4O2/c1-13(2)12-24-17-11-20-10-16(22-17)23-8-5-14(6-9-23)25-18-15(19)4-3-7-21-18/h3-4,7,10-11,13-14H,5-6,8-9,12H2,1-2H3. The van der Waals surface area contributed by atoms with E-state index in [1.807, 2.05) is 0 Å². The number of nitrogens with zero attached hydrogens (tertiary/aromatic N) is 4. The first-order chi connectivity index (χ1) is 12.1. The molecule has 2 aromatic heterocycles. The molecule has 0 spiro atoms. The number of ether oxygens (including phenoxy) is 2. The fourth-order valence-corrected chi connectivity index (χ4v) is 2.63. The number of pyridine rings is 1. The molecule has 134 valence electrons. The van der Waals surface area contributed by atoms with Crippen LogP contribution < -0.4 is 14.4 Å². The Hall–Kier alpha value is -2.44. The maximum absolute atomic E-state index is 13.6. The average molecular weight is 346 g/mol. The zero-order chi connectivity index (χ0) is 17.6. The summed E-state index contributed by atoms with van der Waals surface area (Å²) in [6.07, 6.45) is 6.40. The van der Waals surface area contributed by atoms with Gasteiger partial charge in [-0.1, -0.05) is 13.8 Å². The smallest absolute Gasteiger partial charge is 0.250 e. The first-order valence-electron chi connectivity index (χ1n) is 8.59. The topological polar surface area (TPSA) is 60.4 Å². The molecule has 1 aliphatic heterocycles. The number of hydrogen-bond acceptors (Lipinski definition) is 6. The highest BCUT2D eigenvalue weighted by atomic mass is 19.1. The molecule has 25 heavy (non-hydrogen) atoms. The largest absolute Gasteiger partial charge is 0.476 e. The zero-order valence-electron chi connectivity index (χ0n) is 14.6. The predicted molar refractivity (Wildman–Crippen MR) is 92.4 cm³/mol. The van der Waals surface area contributed by atoms with Gasteiger partial charge in [-0.05, 0) is 18.1 Å². The van der Waals surface area contributed by atoms with Crippen molar-refractivity contribution in [3.8, 4) is 11.8 Å². The molecule has 0 saturated carbocycles. The lowest BCUT2D eigenvalue weighted by molar-refractivity contribution is 0.156. The monoisotopic (exact) mass is 346 g/mol. The highest BCUT2D eigenvalue weighted by Gasteiger charge is 2.23. The SMILES string of the molecule is CC(C)COc1cncc(N2CCC(Oc3ncccc3F)CC2)n1. The molecule has 1 aliphatic rings. The normalized spacial score (nSPS) is 15.4. The summed E-state index contributed by atoms with van der Waals surface area (Å²) in [5.41, 5.74) is 0. The van der Waals surface area contributed by atoms with E-state index in [4.69, 9.17) is 9.47 Å². The number of aromatic nitrogens is 3. The van der Waals surface area contributed by atoms with Gasteiger partial charge < -0.3 is 14.4 Å². The number of halogens is 1. The van der Waals surface area contributed by atoms with Gasteiger partial charge in [0.2, 0.25) is 5.88 Å². The lowest BCUT2D eigenvalue weighted by atomic mass is 10.1. The van der Waals surface area contributed by atoms with Gasteiger partial charge in [0.25, 0.3) is 5.88 Å². The maximum Gasteiger partial charge on any atom is 0.250 e. The minimum atomic E-state index is -0.425. The van der Waals surface area contributed by atoms with Crippen molar-refractivity contribution in [3.63, 3.8) is 0 Å². The van der Waals surface area contributed by atoms with Crippen LogP contribution in [-0.4, -0.2) is 40.8 Å². The van der Waals surface area contributed by atoms with Gasteiger partial charge in [0.1, 0.15) is 6.10 Å². The van der Waals surface area contributed by atoms with Gasteiger partial charge in [-0.2, -0.15) is 4.98 Å². The van der Waals surface area contributed by atoms with Crippen molar-refractivity contribution in [3.05, 3.63) is 36.5 Å². The summed E-state index contributed by atoms with van der Waals surface area (Å²) in [6.45, 7) is 6.32. The van der Waals surface area contributed by atoms with Gasteiger partial charge in [-0.3, -0.25) is 4.98 Å². The van der Waals surface area contributed by atoms with Crippen LogP contribution in [0, 0.1) is 11.7 Å². The molecule has 0 amide bonds. The Morgan fingerprint density at radius 3 is 2.80 bits per heavy atom. The summed E-state index contributed by atoms with van der Waals surface area (Å²) in [7, 11) is 0. The number of hydrogen-bond donors (Lipinski definition) is 0. The third-order valence-electron chi connectivity index (χ3n) is 3.93. The van der Waals surface area contributed by atoms with E-state index in [0.717, 1.165) is 31.7 Å². The Labute approximate surface area is 147 Å². The van der Waals surface area contributed by atoms with Crippen LogP contribution in [0.25, 0.3) is 0 Å². The highest BCUT2D eigenvalue weighted by Crippen LogP contribution is 2.23. The molecule has 1 fully saturated rings. The summed E-state index contributed by atoms with van der Waals surface area (Å²) in [4.78, 5) is 14.8. The van der Waals surface area contributed by atoms with E-state index in [0.29, 0.717) is 18.4 Å². The lowest BCUT2D eigenvalue weighted by Gasteiger charge is -2.32. The number of anilines is 1. The molecule has 6 nitrogen and oxygen atoms in total. The molecule has 0 bridgehead atoms. The second kappa shape index (κ2) is 8.09. The van der Waals surface area contributed by atoms with Gasteiger partial charge in [0, 0.05) is 32.1 Å². The van der Waals surface area contributed by atoms with Crippen molar-refractivity contribution in [2.24, 2.45) is 5.92 Å². The molecule has 7 heteroatoms. The van der Waals surface area contributed by atoms with Crippen molar-refractivity contribution < 1.29 is 13.9 Å². The van der Waals surface area contributed by atoms with Gasteiger partial charge in [0.05, 0.1) is 19.0 Å². The van der Waals surface area contributed by atoms with E-state index in [2.05, 4.69) is 33.7 Å². The zero-order valence-corrected chi connectivity index (χ0v) is 14.6. The van der Waals surface area contributed by atoms with Crippen molar-refractivity contribution in [1.29, 1.82) is 0 Å². The fourth-order valence-electron chi connectivity index (χ4n) is 2.63. The van der Waals surface area contributed by atoms with E-state index in [-0.39, 0.29) is 12.0 Å². The molecule has 1 saturated heterocycles. The Balaban J connectivity index is 1.55. The molecule has 0 atom stereocenters. The molecule has 0 radical (unpaired) electrons. The van der Waals surface area contributed by atoms with E-state index in [9.17, 15) is 4.39 Å². The van der Waals surface area contributed by atoms with Crippen molar-refractivity contribution in [1.82, 2.24) is 15.0 Å². The summed E-state index contributed by atoms with van der Waals surface area (Å²) in [6, 6.07) is 2.91. The van der Waals surface area contributed by atoms with Crippen LogP contribution in [0.1, 0.15) is 26.7 Å². The quantitative estimate of drug-likeness (QED) is 0.801. The summed E-state index contributed by atoms with van der Waals surface area (Å²) in [5.74, 6) is 1.42. The van der Waals surface area contributed by atoms with E-state index in [1.54, 1.807) is 18.5 Å². The van der Waals surface area contributed by atoms with Crippen molar-refractivity contribution in [2.45, 2.75) is 32.8 Å². The van der Waals surface area contributed by atoms with Gasteiger partial charge in [0.15, 0.2) is 11.6 Å². The average Bonchev–Trinajstić information content (AvgIpc) is 2.63. The van der Waals surface area contributed by atoms with E-state index >= 15 is 0 Å². The Morgan fingerprint density at radius 1 is 1.28 bits per heavy atom. The minimum Gasteiger partial charge on any atom is -0.476 e. The van der Waals surface area contributed by atoms with Crippen LogP contribution in [0.5, 0.6) is 11.8 Å². The lowest BCUT2D eigenvalue weighted by Crippen LogP contribution is -2.39. The van der Waals surface area contributed by atoms with E-state index in [1.165, 1.54) is 12.3 Å². The summed E-state index contributed by atoms with van der Waals surface area (Å²) >= 11 is 0. The van der Waals surface area contributed by atoms with Crippen LogP contribution in [0.4, 0.5) is 10.2 Å². The third-order valence-corrected chi connectivity index (χ3v) is 3.93. The fraction of sp³-hybridized carbons (Fsp3) is 0.500. The molecule has 3 heterocycles. The number of rotatable bonds is 6. The van der Waals surface area contributed by atoms with Crippen LogP contribution >= 0.6 is 0 Å². The van der Waals surface area contributed by atoms with Crippen LogP contribution in [0.3, 0.4) is 0 Å². The maximum atomic E-state index is 13.6. The van der Waals surface area contributed by atoms with Crippen LogP contribution in [-0.2, 0) is 0 Å². The molecule has 3 rings (SSSR count). The molecule has 0 N–H and O–H groups in total. The Kier molecular flexibility index (Phi) is 5.63. The van der Waals surface area contributed by atoms with Crippen molar-refractivity contribution in [2.75, 3.05) is 24.6 Å². The second-order valence-corrected chi connectivity index (χ2v) is 6.51. The van der Waals surface area contributed by atoms with Gasteiger partial charge in [-0.15, -0.1) is 0 Å². The highest BCUT2D eigenvalue weighted by molar-refractivity contribution is 5.38. The van der Waals surface area contributed by atoms with Gasteiger partial charge >= 0.3 is 0 Å². The Bertz CT molecular complexity index is 690. The molecule has 0 aliphatic carbocycles. The van der Waals surface area contributed by atoms with Crippen LogP contribution in [0.2, 0.25) is 0 Å². The first kappa shape index (κ1) is 17.4. The number of piperidine rings is 1. The molecule has 0 unspecified atom stereocenters. The van der Waals surface area contributed by atoms with Crippen molar-refractivity contribution >= 4 is 5.82 Å². The molecule has 2 aromatic rings. The van der Waals surface area contributed by atoms with E-state index < -0.39 is 5.82 Å². The first-order valence-corrected chi connectivity index (χ1v) is 8.59. The molecular formula is C18H23FN4O2.